The van der Waals surface area contributed by atoms with E-state index in [-0.39, 0.29) is 10.8 Å². The second-order valence-electron chi connectivity index (χ2n) is 6.13. The molecule has 9 heteroatoms. The zero-order valence-electron chi connectivity index (χ0n) is 15.4. The van der Waals surface area contributed by atoms with Crippen LogP contribution < -0.4 is 9.94 Å². The second kappa shape index (κ2) is 9.04. The van der Waals surface area contributed by atoms with Gasteiger partial charge in [0.1, 0.15) is 0 Å². The number of amides is 1. The van der Waals surface area contributed by atoms with E-state index in [2.05, 4.69) is 4.99 Å². The number of thiazole rings is 1. The molecule has 6 nitrogen and oxygen atoms in total. The normalized spacial score (nSPS) is 12.6. The van der Waals surface area contributed by atoms with Gasteiger partial charge in [0.2, 0.25) is 15.9 Å². The molecule has 0 saturated carbocycles. The summed E-state index contributed by atoms with van der Waals surface area (Å²) in [7, 11) is -3.77. The van der Waals surface area contributed by atoms with E-state index in [1.165, 1.54) is 23.5 Å². The molecule has 1 amide bonds. The number of hydrogen-bond donors (Lipinski definition) is 1. The Hall–Kier alpha value is -1.94. The summed E-state index contributed by atoms with van der Waals surface area (Å²) >= 11 is 2.92. The van der Waals surface area contributed by atoms with Crippen LogP contribution in [-0.4, -0.2) is 24.6 Å². The van der Waals surface area contributed by atoms with Crippen LogP contribution in [0.1, 0.15) is 19.8 Å². The average molecular weight is 436 g/mol. The van der Waals surface area contributed by atoms with Gasteiger partial charge in [-0.1, -0.05) is 36.5 Å². The Bertz CT molecular complexity index is 1150. The predicted octanol–water partition coefficient (Wildman–Crippen LogP) is 3.37. The van der Waals surface area contributed by atoms with E-state index in [1.807, 2.05) is 41.8 Å². The first-order valence-corrected chi connectivity index (χ1v) is 12.1. The van der Waals surface area contributed by atoms with Crippen LogP contribution in [0.25, 0.3) is 10.2 Å². The standard InChI is InChI=1S/C19H21N3O3S3/c1-2-11-22-16-9-8-15(28(20,24)25)13-17(16)27-19(22)21-18(23)10-12-26-14-6-4-3-5-7-14/h3-9,13H,2,10-12H2,1H3,(H2,20,24,25). The molecular formula is C19H21N3O3S3. The number of aryl methyl sites for hydroxylation is 1. The number of sulfonamides is 1. The summed E-state index contributed by atoms with van der Waals surface area (Å²) in [6, 6.07) is 14.7. The number of carbonyl (C=O) groups is 1. The van der Waals surface area contributed by atoms with Gasteiger partial charge in [0.05, 0.1) is 15.1 Å². The topological polar surface area (TPSA) is 94.5 Å². The van der Waals surface area contributed by atoms with Gasteiger partial charge in [-0.25, -0.2) is 13.6 Å². The van der Waals surface area contributed by atoms with Crippen molar-refractivity contribution in [3.63, 3.8) is 0 Å². The molecule has 0 aliphatic carbocycles. The molecule has 0 aliphatic heterocycles. The van der Waals surface area contributed by atoms with E-state index in [0.717, 1.165) is 21.5 Å². The number of fused-ring (bicyclic) bond motifs is 1. The van der Waals surface area contributed by atoms with Crippen LogP contribution in [0.5, 0.6) is 0 Å². The summed E-state index contributed by atoms with van der Waals surface area (Å²) < 4.78 is 25.9. The molecule has 0 saturated heterocycles. The highest BCUT2D eigenvalue weighted by Gasteiger charge is 2.13. The van der Waals surface area contributed by atoms with Crippen molar-refractivity contribution in [3.8, 4) is 0 Å². The Morgan fingerprint density at radius 1 is 1.21 bits per heavy atom. The molecule has 0 bridgehead atoms. The van der Waals surface area contributed by atoms with Gasteiger partial charge < -0.3 is 4.57 Å². The summed E-state index contributed by atoms with van der Waals surface area (Å²) in [6.07, 6.45) is 1.20. The third-order valence-electron chi connectivity index (χ3n) is 3.98. The molecule has 0 spiro atoms. The monoisotopic (exact) mass is 435 g/mol. The first-order chi connectivity index (χ1) is 13.4. The van der Waals surface area contributed by atoms with Crippen LogP contribution in [0.2, 0.25) is 0 Å². The number of nitrogens with two attached hydrogens (primary N) is 1. The van der Waals surface area contributed by atoms with Crippen molar-refractivity contribution in [1.82, 2.24) is 4.57 Å². The first-order valence-electron chi connectivity index (χ1n) is 8.80. The van der Waals surface area contributed by atoms with Crippen molar-refractivity contribution in [2.24, 2.45) is 10.1 Å². The minimum atomic E-state index is -3.77. The van der Waals surface area contributed by atoms with E-state index in [4.69, 9.17) is 5.14 Å². The lowest BCUT2D eigenvalue weighted by molar-refractivity contribution is -0.117. The number of rotatable bonds is 7. The van der Waals surface area contributed by atoms with Gasteiger partial charge in [-0.05, 0) is 36.8 Å². The Morgan fingerprint density at radius 2 is 1.96 bits per heavy atom. The molecule has 0 radical (unpaired) electrons. The predicted molar refractivity (Wildman–Crippen MR) is 114 cm³/mol. The first kappa shape index (κ1) is 20.8. The van der Waals surface area contributed by atoms with Crippen molar-refractivity contribution >= 4 is 49.2 Å². The highest BCUT2D eigenvalue weighted by molar-refractivity contribution is 7.99. The van der Waals surface area contributed by atoms with Crippen LogP contribution >= 0.6 is 23.1 Å². The van der Waals surface area contributed by atoms with Crippen LogP contribution in [0, 0.1) is 0 Å². The molecule has 2 aromatic carbocycles. The van der Waals surface area contributed by atoms with Crippen LogP contribution in [0.4, 0.5) is 0 Å². The maximum atomic E-state index is 12.4. The Morgan fingerprint density at radius 3 is 2.64 bits per heavy atom. The highest BCUT2D eigenvalue weighted by atomic mass is 32.2. The lowest BCUT2D eigenvalue weighted by Crippen LogP contribution is -2.17. The van der Waals surface area contributed by atoms with E-state index in [0.29, 0.717) is 23.5 Å². The summed E-state index contributed by atoms with van der Waals surface area (Å²) in [6.45, 7) is 2.73. The van der Waals surface area contributed by atoms with Gasteiger partial charge in [0.25, 0.3) is 0 Å². The lowest BCUT2D eigenvalue weighted by Gasteiger charge is -2.03. The van der Waals surface area contributed by atoms with Gasteiger partial charge in [0, 0.05) is 23.6 Å². The Balaban J connectivity index is 1.85. The third kappa shape index (κ3) is 5.11. The SMILES string of the molecule is CCCn1c(=NC(=O)CCSc2ccccc2)sc2cc(S(N)(=O)=O)ccc21. The van der Waals surface area contributed by atoms with E-state index in [9.17, 15) is 13.2 Å². The van der Waals surface area contributed by atoms with Crippen molar-refractivity contribution < 1.29 is 13.2 Å². The summed E-state index contributed by atoms with van der Waals surface area (Å²) in [4.78, 5) is 18.4. The fraction of sp³-hybridized carbons (Fsp3) is 0.263. The number of thioether (sulfide) groups is 1. The minimum absolute atomic E-state index is 0.0574. The van der Waals surface area contributed by atoms with E-state index < -0.39 is 10.0 Å². The number of benzene rings is 2. The molecule has 148 valence electrons. The fourth-order valence-corrected chi connectivity index (χ4v) is 5.28. The van der Waals surface area contributed by atoms with E-state index >= 15 is 0 Å². The molecule has 0 unspecified atom stereocenters. The van der Waals surface area contributed by atoms with Crippen molar-refractivity contribution in [2.75, 3.05) is 5.75 Å². The largest absolute Gasteiger partial charge is 0.316 e. The Kier molecular flexibility index (Phi) is 6.71. The highest BCUT2D eigenvalue weighted by Crippen LogP contribution is 2.22. The molecule has 1 heterocycles. The van der Waals surface area contributed by atoms with Gasteiger partial charge in [-0.2, -0.15) is 4.99 Å². The van der Waals surface area contributed by atoms with Gasteiger partial charge in [-0.3, -0.25) is 4.79 Å². The van der Waals surface area contributed by atoms with Crippen molar-refractivity contribution in [2.45, 2.75) is 36.1 Å². The van der Waals surface area contributed by atoms with Crippen molar-refractivity contribution in [1.29, 1.82) is 0 Å². The van der Waals surface area contributed by atoms with E-state index in [1.54, 1.807) is 17.8 Å². The minimum Gasteiger partial charge on any atom is -0.316 e. The second-order valence-corrected chi connectivity index (χ2v) is 9.87. The number of nitrogens with zero attached hydrogens (tertiary/aromatic N) is 2. The van der Waals surface area contributed by atoms with Crippen molar-refractivity contribution in [3.05, 3.63) is 53.3 Å². The van der Waals surface area contributed by atoms with Gasteiger partial charge >= 0.3 is 0 Å². The smallest absolute Gasteiger partial charge is 0.249 e. The van der Waals surface area contributed by atoms with Crippen LogP contribution in [0.15, 0.2) is 63.3 Å². The summed E-state index contributed by atoms with van der Waals surface area (Å²) in [5, 5.41) is 5.23. The molecule has 3 aromatic rings. The molecule has 1 aromatic heterocycles. The maximum Gasteiger partial charge on any atom is 0.249 e. The van der Waals surface area contributed by atoms with Crippen LogP contribution in [-0.2, 0) is 21.4 Å². The fourth-order valence-electron chi connectivity index (χ4n) is 2.69. The van der Waals surface area contributed by atoms with Crippen LogP contribution in [0.3, 0.4) is 0 Å². The third-order valence-corrected chi connectivity index (χ3v) is 6.94. The molecule has 2 N–H and O–H groups in total. The molecular weight excluding hydrogens is 414 g/mol. The number of hydrogen-bond acceptors (Lipinski definition) is 5. The molecule has 0 fully saturated rings. The summed E-state index contributed by atoms with van der Waals surface area (Å²) in [5.74, 6) is 0.465. The molecule has 0 atom stereocenters. The average Bonchev–Trinajstić information content (AvgIpc) is 2.99. The molecule has 0 aliphatic rings. The molecule has 28 heavy (non-hydrogen) atoms. The quantitative estimate of drug-likeness (QED) is 0.576. The zero-order chi connectivity index (χ0) is 20.1. The molecule has 3 rings (SSSR count). The number of carbonyl (C=O) groups excluding carboxylic acids is 1. The summed E-state index contributed by atoms with van der Waals surface area (Å²) in [5.41, 5.74) is 0.851. The number of primary sulfonamides is 1. The number of aromatic nitrogens is 1. The maximum absolute atomic E-state index is 12.4. The Labute approximate surface area is 172 Å². The van der Waals surface area contributed by atoms with Gasteiger partial charge in [0.15, 0.2) is 4.80 Å². The lowest BCUT2D eigenvalue weighted by atomic mass is 10.3. The zero-order valence-corrected chi connectivity index (χ0v) is 17.8. The van der Waals surface area contributed by atoms with Gasteiger partial charge in [-0.15, -0.1) is 11.8 Å².